The van der Waals surface area contributed by atoms with E-state index in [0.717, 1.165) is 74.5 Å². The molecule has 11 heteroatoms. The summed E-state index contributed by atoms with van der Waals surface area (Å²) in [6.07, 6.45) is 0.485. The van der Waals surface area contributed by atoms with Crippen molar-refractivity contribution in [2.24, 2.45) is 0 Å². The number of piperidine rings is 1. The van der Waals surface area contributed by atoms with Gasteiger partial charge in [-0.3, -0.25) is 10.4 Å². The first-order valence-electron chi connectivity index (χ1n) is 12.8. The lowest BCUT2D eigenvalue weighted by Gasteiger charge is -2.35. The highest BCUT2D eigenvalue weighted by atomic mass is 32.1. The third-order valence-electron chi connectivity index (χ3n) is 7.44. The van der Waals surface area contributed by atoms with E-state index in [-0.39, 0.29) is 17.8 Å². The molecule has 1 aliphatic carbocycles. The quantitative estimate of drug-likeness (QED) is 0.262. The summed E-state index contributed by atoms with van der Waals surface area (Å²) in [5.41, 5.74) is -0.231. The van der Waals surface area contributed by atoms with Gasteiger partial charge in [0.2, 0.25) is 0 Å². The van der Waals surface area contributed by atoms with Crippen molar-refractivity contribution in [1.82, 2.24) is 4.90 Å². The predicted molar refractivity (Wildman–Crippen MR) is 142 cm³/mol. The molecular weight excluding hydrogens is 519 g/mol. The first-order valence-corrected chi connectivity index (χ1v) is 13.2. The van der Waals surface area contributed by atoms with Gasteiger partial charge in [-0.15, -0.1) is 5.23 Å². The van der Waals surface area contributed by atoms with Crippen LogP contribution in [0.5, 0.6) is 5.75 Å². The number of halogens is 3. The molecule has 2 aromatic rings. The van der Waals surface area contributed by atoms with E-state index >= 15 is 0 Å². The number of hydrogen-bond donors (Lipinski definition) is 3. The minimum absolute atomic E-state index is 0.00470. The molecule has 1 saturated heterocycles. The predicted octanol–water partition coefficient (Wildman–Crippen LogP) is 6.25. The molecule has 0 amide bonds. The largest absolute Gasteiger partial charge is 0.497 e. The van der Waals surface area contributed by atoms with Gasteiger partial charge in [-0.25, -0.2) is 0 Å². The van der Waals surface area contributed by atoms with Crippen LogP contribution in [-0.4, -0.2) is 59.3 Å². The lowest BCUT2D eigenvalue weighted by molar-refractivity contribution is -0.138. The number of rotatable bonds is 8. The summed E-state index contributed by atoms with van der Waals surface area (Å²) in [4.78, 5) is 3.05. The standard InChI is InChI=1S/C27H34F3N3O4S/c1-36-22-7-2-18(3-8-22)19-12-14-32(15-13-19)26(38)17-37-23-9-4-20(5-10-23)31-21-6-11-25(33(34)35)24(16-21)27(28,29)30/h2-3,6-8,11,16,19-20,23,31,34-35H,4-5,9-10,12-15,17H2,1H3. The third-order valence-corrected chi connectivity index (χ3v) is 7.82. The molecule has 0 aromatic heterocycles. The maximum Gasteiger partial charge on any atom is 0.418 e. The van der Waals surface area contributed by atoms with Gasteiger partial charge in [-0.1, -0.05) is 24.4 Å². The van der Waals surface area contributed by atoms with Gasteiger partial charge >= 0.3 is 6.18 Å². The van der Waals surface area contributed by atoms with Crippen LogP contribution in [0.1, 0.15) is 55.6 Å². The fourth-order valence-corrected chi connectivity index (χ4v) is 5.51. The van der Waals surface area contributed by atoms with Gasteiger partial charge in [0.25, 0.3) is 0 Å². The minimum Gasteiger partial charge on any atom is -0.497 e. The monoisotopic (exact) mass is 553 g/mol. The molecule has 0 atom stereocenters. The number of hydrogen-bond acceptors (Lipinski definition) is 7. The molecule has 0 bridgehead atoms. The van der Waals surface area contributed by atoms with E-state index < -0.39 is 22.7 Å². The van der Waals surface area contributed by atoms with Crippen molar-refractivity contribution in [3.63, 3.8) is 0 Å². The lowest BCUT2D eigenvalue weighted by Crippen LogP contribution is -2.40. The highest BCUT2D eigenvalue weighted by Gasteiger charge is 2.35. The van der Waals surface area contributed by atoms with Gasteiger partial charge < -0.3 is 19.7 Å². The Labute approximate surface area is 226 Å². The molecule has 38 heavy (non-hydrogen) atoms. The smallest absolute Gasteiger partial charge is 0.418 e. The van der Waals surface area contributed by atoms with Crippen molar-refractivity contribution in [2.45, 2.75) is 62.8 Å². The molecule has 2 aliphatic rings. The fourth-order valence-electron chi connectivity index (χ4n) is 5.26. The van der Waals surface area contributed by atoms with Crippen molar-refractivity contribution in [3.05, 3.63) is 53.6 Å². The average molecular weight is 554 g/mol. The second kappa shape index (κ2) is 12.5. The van der Waals surface area contributed by atoms with Crippen molar-refractivity contribution in [1.29, 1.82) is 0 Å². The number of ether oxygens (including phenoxy) is 2. The molecule has 7 nitrogen and oxygen atoms in total. The van der Waals surface area contributed by atoms with Crippen LogP contribution in [0.4, 0.5) is 24.5 Å². The van der Waals surface area contributed by atoms with E-state index in [1.165, 1.54) is 11.6 Å². The highest BCUT2D eigenvalue weighted by Crippen LogP contribution is 2.38. The van der Waals surface area contributed by atoms with Gasteiger partial charge in [0.05, 0.1) is 25.4 Å². The van der Waals surface area contributed by atoms with Gasteiger partial charge in [0, 0.05) is 24.8 Å². The summed E-state index contributed by atoms with van der Waals surface area (Å²) >= 11 is 5.65. The van der Waals surface area contributed by atoms with Crippen molar-refractivity contribution < 1.29 is 33.1 Å². The number of alkyl halides is 3. The van der Waals surface area contributed by atoms with E-state index in [0.29, 0.717) is 12.5 Å². The van der Waals surface area contributed by atoms with E-state index in [2.05, 4.69) is 22.3 Å². The maximum atomic E-state index is 13.3. The number of nitrogens with one attached hydrogen (secondary N) is 1. The van der Waals surface area contributed by atoms with E-state index in [1.54, 1.807) is 7.11 Å². The van der Waals surface area contributed by atoms with E-state index in [9.17, 15) is 13.2 Å². The molecule has 2 aromatic carbocycles. The van der Waals surface area contributed by atoms with Crippen molar-refractivity contribution in [2.75, 3.05) is 37.3 Å². The zero-order valence-corrected chi connectivity index (χ0v) is 22.1. The van der Waals surface area contributed by atoms with Crippen LogP contribution in [0.3, 0.4) is 0 Å². The van der Waals surface area contributed by atoms with Crippen LogP contribution < -0.4 is 15.3 Å². The number of thiocarbonyl (C=S) groups is 1. The van der Waals surface area contributed by atoms with Crippen LogP contribution in [0, 0.1) is 0 Å². The zero-order chi connectivity index (χ0) is 27.3. The molecule has 208 valence electrons. The molecule has 1 aliphatic heterocycles. The molecule has 2 fully saturated rings. The Morgan fingerprint density at radius 1 is 1.03 bits per heavy atom. The van der Waals surface area contributed by atoms with Gasteiger partial charge in [0.1, 0.15) is 16.4 Å². The van der Waals surface area contributed by atoms with Crippen LogP contribution >= 0.6 is 12.2 Å². The Bertz CT molecular complexity index is 1070. The lowest BCUT2D eigenvalue weighted by atomic mass is 9.89. The zero-order valence-electron chi connectivity index (χ0n) is 21.3. The van der Waals surface area contributed by atoms with Crippen LogP contribution in [0.2, 0.25) is 0 Å². The highest BCUT2D eigenvalue weighted by molar-refractivity contribution is 7.80. The summed E-state index contributed by atoms with van der Waals surface area (Å²) in [7, 11) is 1.67. The van der Waals surface area contributed by atoms with Crippen LogP contribution in [0.15, 0.2) is 42.5 Å². The molecular formula is C27H34F3N3O4S. The number of benzene rings is 2. The normalized spacial score (nSPS) is 20.7. The molecule has 0 unspecified atom stereocenters. The first kappa shape index (κ1) is 28.4. The van der Waals surface area contributed by atoms with Gasteiger partial charge in [0.15, 0.2) is 0 Å². The Hall–Kier alpha value is -2.60. The summed E-state index contributed by atoms with van der Waals surface area (Å²) < 4.78 is 51.3. The average Bonchev–Trinajstić information content (AvgIpc) is 2.92. The SMILES string of the molecule is COc1ccc(C2CCN(C(=S)COC3CCC(Nc4ccc(N(O)O)c(C(F)(F)F)c4)CC3)CC2)cc1. The van der Waals surface area contributed by atoms with Gasteiger partial charge in [-0.2, -0.15) is 13.2 Å². The molecule has 3 N–H and O–H groups in total. The summed E-state index contributed by atoms with van der Waals surface area (Å²) in [6.45, 7) is 2.21. The van der Waals surface area contributed by atoms with Crippen molar-refractivity contribution >= 4 is 28.6 Å². The molecule has 4 rings (SSSR count). The Balaban J connectivity index is 1.19. The number of nitrogens with zero attached hydrogens (tertiary/aromatic N) is 2. The summed E-state index contributed by atoms with van der Waals surface area (Å²) in [6, 6.07) is 11.6. The number of likely N-dealkylation sites (tertiary alicyclic amines) is 1. The number of anilines is 2. The Morgan fingerprint density at radius 2 is 1.68 bits per heavy atom. The fraction of sp³-hybridized carbons (Fsp3) is 0.519. The van der Waals surface area contributed by atoms with Gasteiger partial charge in [-0.05, 0) is 80.3 Å². The maximum absolute atomic E-state index is 13.3. The van der Waals surface area contributed by atoms with Crippen LogP contribution in [-0.2, 0) is 10.9 Å². The first-order chi connectivity index (χ1) is 18.1. The van der Waals surface area contributed by atoms with Crippen molar-refractivity contribution in [3.8, 4) is 5.75 Å². The topological polar surface area (TPSA) is 77.4 Å². The molecule has 1 heterocycles. The second-order valence-electron chi connectivity index (χ2n) is 9.88. The molecule has 0 radical (unpaired) electrons. The Kier molecular flexibility index (Phi) is 9.35. The third kappa shape index (κ3) is 7.28. The molecule has 0 spiro atoms. The summed E-state index contributed by atoms with van der Waals surface area (Å²) in [5, 5.41) is 20.8. The minimum atomic E-state index is -4.72. The molecule has 1 saturated carbocycles. The second-order valence-corrected chi connectivity index (χ2v) is 10.3. The van der Waals surface area contributed by atoms with E-state index in [4.69, 9.17) is 32.1 Å². The summed E-state index contributed by atoms with van der Waals surface area (Å²) in [5.74, 6) is 1.37. The Morgan fingerprint density at radius 3 is 2.26 bits per heavy atom. The number of methoxy groups -OCH3 is 1. The van der Waals surface area contributed by atoms with E-state index in [1.807, 2.05) is 12.1 Å². The van der Waals surface area contributed by atoms with Crippen LogP contribution in [0.25, 0.3) is 0 Å².